The van der Waals surface area contributed by atoms with E-state index in [9.17, 15) is 0 Å². The summed E-state index contributed by atoms with van der Waals surface area (Å²) in [6, 6.07) is 38.4. The molecule has 2 atom stereocenters. The van der Waals surface area contributed by atoms with Crippen LogP contribution >= 0.6 is 7.92 Å². The summed E-state index contributed by atoms with van der Waals surface area (Å²) in [6.45, 7) is 2.44. The Morgan fingerprint density at radius 3 is 1.93 bits per heavy atom. The van der Waals surface area contributed by atoms with E-state index in [1.807, 2.05) is 0 Å². The third-order valence-corrected chi connectivity index (χ3v) is 9.43. The van der Waals surface area contributed by atoms with Gasteiger partial charge in [0.2, 0.25) is 0 Å². The smallest absolute Gasteiger partial charge is 0.00629 e. The van der Waals surface area contributed by atoms with Crippen LogP contribution in [0.5, 0.6) is 0 Å². The lowest BCUT2D eigenvalue weighted by molar-refractivity contribution is 1.09. The fourth-order valence-corrected chi connectivity index (χ4v) is 7.72. The van der Waals surface area contributed by atoms with Gasteiger partial charge in [0.1, 0.15) is 0 Å². The van der Waals surface area contributed by atoms with Crippen molar-refractivity contribution in [2.24, 2.45) is 0 Å². The summed E-state index contributed by atoms with van der Waals surface area (Å²) in [5.74, 6) is 0. The summed E-state index contributed by atoms with van der Waals surface area (Å²) in [5.41, 5.74) is 6.40. The molecule has 0 nitrogen and oxygen atoms in total. The predicted octanol–water partition coefficient (Wildman–Crippen LogP) is 8.04. The summed E-state index contributed by atoms with van der Waals surface area (Å²) in [6.07, 6.45) is 1.13. The first-order valence-corrected chi connectivity index (χ1v) is 12.3. The van der Waals surface area contributed by atoms with E-state index in [0.717, 1.165) is 6.16 Å². The van der Waals surface area contributed by atoms with Crippen LogP contribution in [0.1, 0.15) is 23.7 Å². The molecule has 6 rings (SSSR count). The summed E-state index contributed by atoms with van der Waals surface area (Å²) < 4.78 is 0. The Kier molecular flexibility index (Phi) is 4.22. The minimum absolute atomic E-state index is 0.339. The molecule has 30 heavy (non-hydrogen) atoms. The lowest BCUT2D eigenvalue weighted by Gasteiger charge is -2.25. The number of benzene rings is 5. The van der Waals surface area contributed by atoms with Crippen molar-refractivity contribution in [2.75, 3.05) is 0 Å². The van der Waals surface area contributed by atoms with Crippen LogP contribution in [0, 0.1) is 0 Å². The molecule has 0 saturated carbocycles. The monoisotopic (exact) mass is 402 g/mol. The van der Waals surface area contributed by atoms with Gasteiger partial charge < -0.3 is 0 Å². The Morgan fingerprint density at radius 2 is 1.20 bits per heavy atom. The summed E-state index contributed by atoms with van der Waals surface area (Å²) in [5, 5.41) is 6.91. The zero-order chi connectivity index (χ0) is 20.1. The third-order valence-electron chi connectivity index (χ3n) is 6.57. The predicted molar refractivity (Wildman–Crippen MR) is 132 cm³/mol. The zero-order valence-electron chi connectivity index (χ0n) is 17.0. The van der Waals surface area contributed by atoms with Gasteiger partial charge in [0.05, 0.1) is 0 Å². The largest absolute Gasteiger partial charge is 0.0634 e. The quantitative estimate of drug-likeness (QED) is 0.249. The average molecular weight is 402 g/mol. The summed E-state index contributed by atoms with van der Waals surface area (Å²) in [4.78, 5) is 0. The standard InChI is InChI=1S/C29H23P/c1-20-25-18-17-22-10-6-8-14-27(22)29(25)28-23(16-15-21-9-5-7-13-26(21)28)19-30(20)24-11-3-2-4-12-24/h2-18,20H,19H2,1H3/t20-,30+/m0/s1. The van der Waals surface area contributed by atoms with Gasteiger partial charge in [0.15, 0.2) is 0 Å². The molecule has 1 aliphatic rings. The fraction of sp³-hybridized carbons (Fsp3) is 0.103. The molecule has 5 aromatic carbocycles. The van der Waals surface area contributed by atoms with E-state index >= 15 is 0 Å². The lowest BCUT2D eigenvalue weighted by Crippen LogP contribution is -2.06. The van der Waals surface area contributed by atoms with E-state index in [-0.39, 0.29) is 7.92 Å². The molecule has 0 fully saturated rings. The zero-order valence-corrected chi connectivity index (χ0v) is 17.9. The maximum Gasteiger partial charge on any atom is 0.00629 e. The van der Waals surface area contributed by atoms with Gasteiger partial charge in [0, 0.05) is 5.66 Å². The van der Waals surface area contributed by atoms with Gasteiger partial charge in [-0.3, -0.25) is 0 Å². The molecule has 144 valence electrons. The SMILES string of the molecule is C[C@H]1c2ccc3ccccc3c2-c2c(ccc3ccccc23)C[P@@]1c1ccccc1. The summed E-state index contributed by atoms with van der Waals surface area (Å²) in [7, 11) is -0.339. The van der Waals surface area contributed by atoms with E-state index in [1.165, 1.54) is 49.1 Å². The molecule has 1 aliphatic heterocycles. The van der Waals surface area contributed by atoms with Crippen LogP contribution in [0.4, 0.5) is 0 Å². The Balaban J connectivity index is 1.75. The van der Waals surface area contributed by atoms with Crippen molar-refractivity contribution in [3.05, 3.63) is 114 Å². The maximum absolute atomic E-state index is 2.44. The van der Waals surface area contributed by atoms with Crippen molar-refractivity contribution < 1.29 is 0 Å². The van der Waals surface area contributed by atoms with Crippen LogP contribution in [0.15, 0.2) is 103 Å². The minimum Gasteiger partial charge on any atom is -0.0634 e. The third kappa shape index (κ3) is 2.72. The topological polar surface area (TPSA) is 0 Å². The molecule has 0 amide bonds. The molecule has 0 aromatic heterocycles. The van der Waals surface area contributed by atoms with Crippen molar-refractivity contribution in [3.63, 3.8) is 0 Å². The van der Waals surface area contributed by atoms with Gasteiger partial charge in [-0.05, 0) is 55.3 Å². The molecule has 0 N–H and O–H groups in total. The molecule has 0 unspecified atom stereocenters. The highest BCUT2D eigenvalue weighted by molar-refractivity contribution is 7.65. The molecular weight excluding hydrogens is 379 g/mol. The van der Waals surface area contributed by atoms with E-state index in [2.05, 4.69) is 110 Å². The Morgan fingerprint density at radius 1 is 0.600 bits per heavy atom. The van der Waals surface area contributed by atoms with Gasteiger partial charge in [-0.25, -0.2) is 0 Å². The fourth-order valence-electron chi connectivity index (χ4n) is 5.08. The molecule has 0 saturated heterocycles. The van der Waals surface area contributed by atoms with Crippen molar-refractivity contribution in [1.82, 2.24) is 0 Å². The lowest BCUT2D eigenvalue weighted by atomic mass is 9.87. The van der Waals surface area contributed by atoms with Gasteiger partial charge in [0.25, 0.3) is 0 Å². The van der Waals surface area contributed by atoms with E-state index < -0.39 is 0 Å². The highest BCUT2D eigenvalue weighted by atomic mass is 31.1. The van der Waals surface area contributed by atoms with Gasteiger partial charge in [-0.15, -0.1) is 0 Å². The first-order valence-electron chi connectivity index (χ1n) is 10.7. The molecule has 5 aromatic rings. The van der Waals surface area contributed by atoms with Gasteiger partial charge in [-0.1, -0.05) is 118 Å². The Hall–Kier alpha value is -2.95. The highest BCUT2D eigenvalue weighted by Crippen LogP contribution is 2.59. The van der Waals surface area contributed by atoms with E-state index in [0.29, 0.717) is 5.66 Å². The Labute approximate surface area is 178 Å². The second-order valence-electron chi connectivity index (χ2n) is 8.21. The van der Waals surface area contributed by atoms with Crippen molar-refractivity contribution >= 4 is 34.8 Å². The van der Waals surface area contributed by atoms with Crippen LogP contribution in [-0.2, 0) is 6.16 Å². The minimum atomic E-state index is -0.339. The number of hydrogen-bond acceptors (Lipinski definition) is 0. The highest BCUT2D eigenvalue weighted by Gasteiger charge is 2.30. The average Bonchev–Trinajstić information content (AvgIpc) is 2.94. The van der Waals surface area contributed by atoms with Crippen molar-refractivity contribution in [2.45, 2.75) is 18.7 Å². The normalized spacial score (nSPS) is 18.0. The number of hydrogen-bond donors (Lipinski definition) is 0. The molecule has 0 spiro atoms. The van der Waals surface area contributed by atoms with E-state index in [4.69, 9.17) is 0 Å². The maximum atomic E-state index is 2.44. The second kappa shape index (κ2) is 7.08. The molecular formula is C29H23P. The molecule has 0 radical (unpaired) electrons. The van der Waals surface area contributed by atoms with Crippen LogP contribution in [0.25, 0.3) is 32.7 Å². The van der Waals surface area contributed by atoms with Crippen molar-refractivity contribution in [1.29, 1.82) is 0 Å². The summed E-state index contributed by atoms with van der Waals surface area (Å²) >= 11 is 0. The van der Waals surface area contributed by atoms with Crippen molar-refractivity contribution in [3.8, 4) is 11.1 Å². The second-order valence-corrected chi connectivity index (χ2v) is 10.8. The molecule has 1 heterocycles. The Bertz CT molecular complexity index is 1380. The van der Waals surface area contributed by atoms with Crippen LogP contribution in [-0.4, -0.2) is 0 Å². The van der Waals surface area contributed by atoms with Crippen LogP contribution in [0.3, 0.4) is 0 Å². The number of fused-ring (bicyclic) bond motifs is 7. The molecule has 1 heteroatoms. The number of rotatable bonds is 1. The van der Waals surface area contributed by atoms with Gasteiger partial charge in [-0.2, -0.15) is 0 Å². The van der Waals surface area contributed by atoms with E-state index in [1.54, 1.807) is 0 Å². The molecule has 0 aliphatic carbocycles. The van der Waals surface area contributed by atoms with Crippen LogP contribution < -0.4 is 5.30 Å². The first kappa shape index (κ1) is 17.9. The first-order chi connectivity index (χ1) is 14.8. The van der Waals surface area contributed by atoms with Gasteiger partial charge >= 0.3 is 0 Å². The molecule has 0 bridgehead atoms. The van der Waals surface area contributed by atoms with Crippen LogP contribution in [0.2, 0.25) is 0 Å².